The number of anilines is 1. The first-order chi connectivity index (χ1) is 12.0. The molecule has 0 spiro atoms. The van der Waals surface area contributed by atoms with Crippen LogP contribution in [0.1, 0.15) is 0 Å². The smallest absolute Gasteiger partial charge is 0.319 e. The highest BCUT2D eigenvalue weighted by atomic mass is 35.5. The second-order valence-corrected chi connectivity index (χ2v) is 5.66. The van der Waals surface area contributed by atoms with Gasteiger partial charge in [-0.25, -0.2) is 4.79 Å². The van der Waals surface area contributed by atoms with Crippen LogP contribution in [0.25, 0.3) is 0 Å². The van der Waals surface area contributed by atoms with Crippen LogP contribution in [0.3, 0.4) is 0 Å². The van der Waals surface area contributed by atoms with E-state index >= 15 is 0 Å². The van der Waals surface area contributed by atoms with Gasteiger partial charge >= 0.3 is 6.03 Å². The number of halogens is 2. The van der Waals surface area contributed by atoms with E-state index in [0.29, 0.717) is 39.5 Å². The molecule has 0 unspecified atom stereocenters. The lowest BCUT2D eigenvalue weighted by atomic mass is 10.3. The van der Waals surface area contributed by atoms with Crippen LogP contribution in [-0.2, 0) is 0 Å². The minimum Gasteiger partial charge on any atom is -0.496 e. The molecule has 0 aromatic heterocycles. The van der Waals surface area contributed by atoms with Crippen LogP contribution < -0.4 is 24.8 Å². The number of amides is 2. The molecule has 2 N–H and O–H groups in total. The van der Waals surface area contributed by atoms with Gasteiger partial charge in [-0.15, -0.1) is 0 Å². The quantitative estimate of drug-likeness (QED) is 0.701. The molecule has 0 radical (unpaired) electrons. The number of carbonyl (C=O) groups excluding carboxylic acids is 1. The Morgan fingerprint density at radius 2 is 1.68 bits per heavy atom. The Labute approximate surface area is 156 Å². The first kappa shape index (κ1) is 19.0. The summed E-state index contributed by atoms with van der Waals surface area (Å²) in [5.41, 5.74) is 0.435. The van der Waals surface area contributed by atoms with Crippen molar-refractivity contribution in [3.63, 3.8) is 0 Å². The molecular formula is C17H18Cl2N2O4. The monoisotopic (exact) mass is 384 g/mol. The lowest BCUT2D eigenvalue weighted by Crippen LogP contribution is -2.32. The number of urea groups is 1. The lowest BCUT2D eigenvalue weighted by molar-refractivity contribution is 0.247. The van der Waals surface area contributed by atoms with Gasteiger partial charge in [0, 0.05) is 18.2 Å². The molecule has 2 amide bonds. The number of hydrogen-bond donors (Lipinski definition) is 2. The number of hydrogen-bond acceptors (Lipinski definition) is 4. The van der Waals surface area contributed by atoms with E-state index in [4.69, 9.17) is 37.4 Å². The second-order valence-electron chi connectivity index (χ2n) is 4.88. The van der Waals surface area contributed by atoms with E-state index in [-0.39, 0.29) is 6.61 Å². The van der Waals surface area contributed by atoms with Gasteiger partial charge in [-0.05, 0) is 12.1 Å². The fraction of sp³-hybridized carbons (Fsp3) is 0.235. The highest BCUT2D eigenvalue weighted by molar-refractivity contribution is 6.43. The van der Waals surface area contributed by atoms with Gasteiger partial charge in [0.15, 0.2) is 0 Å². The molecule has 2 aromatic carbocycles. The lowest BCUT2D eigenvalue weighted by Gasteiger charge is -2.12. The van der Waals surface area contributed by atoms with E-state index in [1.54, 1.807) is 50.6 Å². The van der Waals surface area contributed by atoms with E-state index < -0.39 is 6.03 Å². The molecule has 0 aliphatic rings. The first-order valence-corrected chi connectivity index (χ1v) is 8.14. The Kier molecular flexibility index (Phi) is 7.03. The average molecular weight is 385 g/mol. The summed E-state index contributed by atoms with van der Waals surface area (Å²) < 4.78 is 15.9. The Morgan fingerprint density at radius 3 is 2.32 bits per heavy atom. The number of carbonyl (C=O) groups is 1. The number of benzene rings is 2. The van der Waals surface area contributed by atoms with Crippen LogP contribution in [0.15, 0.2) is 36.4 Å². The normalized spacial score (nSPS) is 10.1. The second kappa shape index (κ2) is 9.25. The Hall–Kier alpha value is -2.31. The van der Waals surface area contributed by atoms with Gasteiger partial charge in [-0.3, -0.25) is 0 Å². The van der Waals surface area contributed by atoms with Gasteiger partial charge in [-0.1, -0.05) is 29.3 Å². The Morgan fingerprint density at radius 1 is 1.04 bits per heavy atom. The molecule has 0 aliphatic heterocycles. The van der Waals surface area contributed by atoms with Crippen molar-refractivity contribution in [3.05, 3.63) is 46.4 Å². The predicted octanol–water partition coefficient (Wildman–Crippen LogP) is 4.21. The summed E-state index contributed by atoms with van der Waals surface area (Å²) in [7, 11) is 3.12. The minimum atomic E-state index is -0.406. The third-order valence-electron chi connectivity index (χ3n) is 3.18. The average Bonchev–Trinajstić information content (AvgIpc) is 2.62. The molecule has 2 aromatic rings. The van der Waals surface area contributed by atoms with E-state index in [9.17, 15) is 4.79 Å². The molecule has 8 heteroatoms. The fourth-order valence-corrected chi connectivity index (χ4v) is 2.31. The summed E-state index contributed by atoms with van der Waals surface area (Å²) in [4.78, 5) is 11.9. The van der Waals surface area contributed by atoms with Gasteiger partial charge in [0.25, 0.3) is 0 Å². The first-order valence-electron chi connectivity index (χ1n) is 7.38. The summed E-state index contributed by atoms with van der Waals surface area (Å²) in [6.45, 7) is 0.566. The summed E-state index contributed by atoms with van der Waals surface area (Å²) in [6, 6.07) is 9.80. The molecule has 0 bridgehead atoms. The van der Waals surface area contributed by atoms with Crippen molar-refractivity contribution in [1.29, 1.82) is 0 Å². The zero-order valence-corrected chi connectivity index (χ0v) is 15.3. The van der Waals surface area contributed by atoms with Gasteiger partial charge in [0.1, 0.15) is 23.9 Å². The van der Waals surface area contributed by atoms with Crippen LogP contribution in [0, 0.1) is 0 Å². The van der Waals surface area contributed by atoms with Gasteiger partial charge in [-0.2, -0.15) is 0 Å². The maximum Gasteiger partial charge on any atom is 0.319 e. The highest BCUT2D eigenvalue weighted by Gasteiger charge is 2.08. The summed E-state index contributed by atoms with van der Waals surface area (Å²) in [6.07, 6.45) is 0. The van der Waals surface area contributed by atoms with Crippen molar-refractivity contribution in [2.24, 2.45) is 0 Å². The number of rotatable bonds is 7. The Bertz CT molecular complexity index is 718. The van der Waals surface area contributed by atoms with E-state index in [0.717, 1.165) is 0 Å². The molecular weight excluding hydrogens is 367 g/mol. The SMILES string of the molecule is COc1cc(OC)cc(OCCNC(=O)Nc2cccc(Cl)c2Cl)c1. The summed E-state index contributed by atoms with van der Waals surface area (Å²) in [5.74, 6) is 1.82. The van der Waals surface area contributed by atoms with Gasteiger partial charge < -0.3 is 24.8 Å². The van der Waals surface area contributed by atoms with Crippen molar-refractivity contribution in [1.82, 2.24) is 5.32 Å². The summed E-state index contributed by atoms with van der Waals surface area (Å²) >= 11 is 11.9. The molecule has 0 fully saturated rings. The molecule has 134 valence electrons. The molecule has 2 rings (SSSR count). The largest absolute Gasteiger partial charge is 0.496 e. The van der Waals surface area contributed by atoms with Crippen LogP contribution in [0.5, 0.6) is 17.2 Å². The van der Waals surface area contributed by atoms with Crippen LogP contribution in [0.4, 0.5) is 10.5 Å². The zero-order valence-electron chi connectivity index (χ0n) is 13.8. The van der Waals surface area contributed by atoms with Crippen LogP contribution in [-0.4, -0.2) is 33.4 Å². The van der Waals surface area contributed by atoms with Crippen LogP contribution in [0.2, 0.25) is 10.0 Å². The van der Waals surface area contributed by atoms with Crippen molar-refractivity contribution >= 4 is 34.9 Å². The Balaban J connectivity index is 1.81. The third kappa shape index (κ3) is 5.62. The van der Waals surface area contributed by atoms with Crippen molar-refractivity contribution in [2.45, 2.75) is 0 Å². The molecule has 25 heavy (non-hydrogen) atoms. The maximum atomic E-state index is 11.9. The van der Waals surface area contributed by atoms with E-state index in [1.165, 1.54) is 0 Å². The zero-order chi connectivity index (χ0) is 18.2. The standard InChI is InChI=1S/C17H18Cl2N2O4/c1-23-11-8-12(24-2)10-13(9-11)25-7-6-20-17(22)21-15-5-3-4-14(18)16(15)19/h3-5,8-10H,6-7H2,1-2H3,(H2,20,21,22). The molecule has 0 atom stereocenters. The molecule has 0 saturated carbocycles. The minimum absolute atomic E-state index is 0.271. The molecule has 0 saturated heterocycles. The highest BCUT2D eigenvalue weighted by Crippen LogP contribution is 2.29. The van der Waals surface area contributed by atoms with Crippen molar-refractivity contribution in [3.8, 4) is 17.2 Å². The molecule has 0 aliphatic carbocycles. The van der Waals surface area contributed by atoms with Crippen LogP contribution >= 0.6 is 23.2 Å². The van der Waals surface area contributed by atoms with E-state index in [1.807, 2.05) is 0 Å². The fourth-order valence-electron chi connectivity index (χ4n) is 1.96. The number of nitrogens with one attached hydrogen (secondary N) is 2. The van der Waals surface area contributed by atoms with Gasteiger partial charge in [0.05, 0.1) is 36.5 Å². The van der Waals surface area contributed by atoms with E-state index in [2.05, 4.69) is 10.6 Å². The van der Waals surface area contributed by atoms with Crippen molar-refractivity contribution < 1.29 is 19.0 Å². The third-order valence-corrected chi connectivity index (χ3v) is 4.00. The van der Waals surface area contributed by atoms with Crippen molar-refractivity contribution in [2.75, 3.05) is 32.7 Å². The number of methoxy groups -OCH3 is 2. The maximum absolute atomic E-state index is 11.9. The molecule has 0 heterocycles. The summed E-state index contributed by atoms with van der Waals surface area (Å²) in [5, 5.41) is 5.95. The molecule has 6 nitrogen and oxygen atoms in total. The topological polar surface area (TPSA) is 68.8 Å². The predicted molar refractivity (Wildman–Crippen MR) is 98.5 cm³/mol. The van der Waals surface area contributed by atoms with Gasteiger partial charge in [0.2, 0.25) is 0 Å². The number of ether oxygens (including phenoxy) is 3.